The molecule has 0 radical (unpaired) electrons. The second-order valence-electron chi connectivity index (χ2n) is 5.28. The third kappa shape index (κ3) is 4.92. The van der Waals surface area contributed by atoms with Gasteiger partial charge < -0.3 is 20.1 Å². The Labute approximate surface area is 110 Å². The average Bonchev–Trinajstić information content (AvgIpc) is 2.33. The number of hydrogen-bond donors (Lipinski definition) is 1. The van der Waals surface area contributed by atoms with Crippen molar-refractivity contribution in [2.24, 2.45) is 5.73 Å². The molecule has 0 atom stereocenters. The van der Waals surface area contributed by atoms with Crippen LogP contribution in [0.15, 0.2) is 0 Å². The Morgan fingerprint density at radius 1 is 1.33 bits per heavy atom. The van der Waals surface area contributed by atoms with E-state index in [2.05, 4.69) is 0 Å². The van der Waals surface area contributed by atoms with Crippen molar-refractivity contribution in [3.05, 3.63) is 0 Å². The lowest BCUT2D eigenvalue weighted by molar-refractivity contribution is -0.138. The van der Waals surface area contributed by atoms with E-state index in [0.717, 1.165) is 32.5 Å². The first-order chi connectivity index (χ1) is 8.45. The molecule has 2 N–H and O–H groups in total. The van der Waals surface area contributed by atoms with Gasteiger partial charge in [0.1, 0.15) is 0 Å². The molecule has 1 aliphatic rings. The van der Waals surface area contributed by atoms with Crippen molar-refractivity contribution in [1.82, 2.24) is 4.90 Å². The van der Waals surface area contributed by atoms with Crippen molar-refractivity contribution in [3.63, 3.8) is 0 Å². The zero-order valence-corrected chi connectivity index (χ0v) is 11.8. The van der Waals surface area contributed by atoms with Crippen molar-refractivity contribution in [3.8, 4) is 0 Å². The van der Waals surface area contributed by atoms with E-state index in [4.69, 9.17) is 15.2 Å². The maximum atomic E-state index is 12.0. The minimum Gasteiger partial charge on any atom is -0.379 e. The van der Waals surface area contributed by atoms with E-state index in [1.54, 1.807) is 13.8 Å². The van der Waals surface area contributed by atoms with Gasteiger partial charge in [0.05, 0.1) is 24.9 Å². The van der Waals surface area contributed by atoms with Crippen molar-refractivity contribution >= 4 is 5.91 Å². The van der Waals surface area contributed by atoms with E-state index in [-0.39, 0.29) is 12.0 Å². The number of piperidine rings is 1. The quantitative estimate of drug-likeness (QED) is 0.715. The third-order valence-corrected chi connectivity index (χ3v) is 3.07. The SMILES string of the molecule is CCOCCOC1CCN(C(=O)C(C)(C)N)CC1. The number of amides is 1. The first-order valence-corrected chi connectivity index (χ1v) is 6.72. The van der Waals surface area contributed by atoms with Gasteiger partial charge in [0.2, 0.25) is 5.91 Å². The molecule has 1 rings (SSSR count). The topological polar surface area (TPSA) is 64.8 Å². The molecular formula is C13H26N2O3. The monoisotopic (exact) mass is 258 g/mol. The fourth-order valence-corrected chi connectivity index (χ4v) is 2.05. The van der Waals surface area contributed by atoms with Gasteiger partial charge >= 0.3 is 0 Å². The Morgan fingerprint density at radius 2 is 1.94 bits per heavy atom. The summed E-state index contributed by atoms with van der Waals surface area (Å²) in [5, 5.41) is 0. The zero-order valence-electron chi connectivity index (χ0n) is 11.8. The Kier molecular flexibility index (Phi) is 6.05. The zero-order chi connectivity index (χ0) is 13.6. The molecule has 1 fully saturated rings. The Balaban J connectivity index is 2.22. The number of ether oxygens (including phenoxy) is 2. The van der Waals surface area contributed by atoms with Crippen LogP contribution in [0.3, 0.4) is 0 Å². The third-order valence-electron chi connectivity index (χ3n) is 3.07. The Hall–Kier alpha value is -0.650. The predicted octanol–water partition coefficient (Wildman–Crippen LogP) is 0.768. The van der Waals surface area contributed by atoms with Crippen molar-refractivity contribution in [2.75, 3.05) is 32.9 Å². The van der Waals surface area contributed by atoms with Crippen LogP contribution in [0.1, 0.15) is 33.6 Å². The molecule has 0 aliphatic carbocycles. The minimum absolute atomic E-state index is 0.0234. The van der Waals surface area contributed by atoms with E-state index in [1.807, 2.05) is 11.8 Å². The van der Waals surface area contributed by atoms with Gasteiger partial charge in [0, 0.05) is 19.7 Å². The van der Waals surface area contributed by atoms with Crippen LogP contribution in [0.5, 0.6) is 0 Å². The summed E-state index contributed by atoms with van der Waals surface area (Å²) in [6.07, 6.45) is 2.01. The van der Waals surface area contributed by atoms with Crippen LogP contribution in [0.25, 0.3) is 0 Å². The number of likely N-dealkylation sites (tertiary alicyclic amines) is 1. The van der Waals surface area contributed by atoms with Gasteiger partial charge in [-0.2, -0.15) is 0 Å². The lowest BCUT2D eigenvalue weighted by Gasteiger charge is -2.35. The summed E-state index contributed by atoms with van der Waals surface area (Å²) in [6.45, 7) is 8.94. The molecule has 0 saturated carbocycles. The summed E-state index contributed by atoms with van der Waals surface area (Å²) in [5.41, 5.74) is 5.04. The van der Waals surface area contributed by atoms with Crippen LogP contribution < -0.4 is 5.73 Å². The molecule has 106 valence electrons. The molecule has 18 heavy (non-hydrogen) atoms. The molecule has 0 aromatic rings. The van der Waals surface area contributed by atoms with Crippen LogP contribution in [-0.4, -0.2) is 55.4 Å². The van der Waals surface area contributed by atoms with E-state index in [0.29, 0.717) is 13.2 Å². The number of nitrogens with two attached hydrogens (primary N) is 1. The standard InChI is InChI=1S/C13H26N2O3/c1-4-17-9-10-18-11-5-7-15(8-6-11)12(16)13(2,3)14/h11H,4-10,14H2,1-3H3. The molecule has 5 heteroatoms. The van der Waals surface area contributed by atoms with Crippen LogP contribution >= 0.6 is 0 Å². The second kappa shape index (κ2) is 7.07. The van der Waals surface area contributed by atoms with Gasteiger partial charge in [-0.3, -0.25) is 4.79 Å². The first kappa shape index (κ1) is 15.4. The number of carbonyl (C=O) groups excluding carboxylic acids is 1. The van der Waals surface area contributed by atoms with Gasteiger partial charge in [-0.25, -0.2) is 0 Å². The van der Waals surface area contributed by atoms with Crippen molar-refractivity contribution in [1.29, 1.82) is 0 Å². The molecule has 1 aliphatic heterocycles. The highest BCUT2D eigenvalue weighted by Gasteiger charge is 2.30. The minimum atomic E-state index is -0.775. The van der Waals surface area contributed by atoms with E-state index < -0.39 is 5.54 Å². The highest BCUT2D eigenvalue weighted by atomic mass is 16.5. The Bertz CT molecular complexity index is 255. The molecule has 0 spiro atoms. The summed E-state index contributed by atoms with van der Waals surface area (Å²) >= 11 is 0. The summed E-state index contributed by atoms with van der Waals surface area (Å²) < 4.78 is 10.9. The molecule has 0 bridgehead atoms. The van der Waals surface area contributed by atoms with E-state index in [1.165, 1.54) is 0 Å². The predicted molar refractivity (Wildman–Crippen MR) is 70.3 cm³/mol. The van der Waals surface area contributed by atoms with Crippen LogP contribution in [0, 0.1) is 0 Å². The summed E-state index contributed by atoms with van der Waals surface area (Å²) in [6, 6.07) is 0. The average molecular weight is 258 g/mol. The van der Waals surface area contributed by atoms with Gasteiger partial charge in [-0.15, -0.1) is 0 Å². The first-order valence-electron chi connectivity index (χ1n) is 6.72. The maximum absolute atomic E-state index is 12.0. The highest BCUT2D eigenvalue weighted by molar-refractivity contribution is 5.85. The number of hydrogen-bond acceptors (Lipinski definition) is 4. The molecule has 0 aromatic heterocycles. The smallest absolute Gasteiger partial charge is 0.242 e. The lowest BCUT2D eigenvalue weighted by atomic mass is 10.0. The fourth-order valence-electron chi connectivity index (χ4n) is 2.05. The maximum Gasteiger partial charge on any atom is 0.242 e. The summed E-state index contributed by atoms with van der Waals surface area (Å²) in [7, 11) is 0. The molecule has 1 amide bonds. The summed E-state index contributed by atoms with van der Waals surface area (Å²) in [5.74, 6) is 0.0234. The molecule has 0 aromatic carbocycles. The second-order valence-corrected chi connectivity index (χ2v) is 5.28. The van der Waals surface area contributed by atoms with E-state index >= 15 is 0 Å². The molecule has 5 nitrogen and oxygen atoms in total. The fraction of sp³-hybridized carbons (Fsp3) is 0.923. The normalized spacial score (nSPS) is 18.1. The summed E-state index contributed by atoms with van der Waals surface area (Å²) in [4.78, 5) is 13.8. The highest BCUT2D eigenvalue weighted by Crippen LogP contribution is 2.16. The van der Waals surface area contributed by atoms with Gasteiger partial charge in [0.25, 0.3) is 0 Å². The number of carbonyl (C=O) groups is 1. The van der Waals surface area contributed by atoms with E-state index in [9.17, 15) is 4.79 Å². The lowest BCUT2D eigenvalue weighted by Crippen LogP contribution is -2.53. The molecule has 1 heterocycles. The number of rotatable bonds is 6. The Morgan fingerprint density at radius 3 is 2.44 bits per heavy atom. The van der Waals surface area contributed by atoms with Crippen molar-refractivity contribution in [2.45, 2.75) is 45.3 Å². The van der Waals surface area contributed by atoms with Gasteiger partial charge in [-0.05, 0) is 33.6 Å². The van der Waals surface area contributed by atoms with Crippen LogP contribution in [0.4, 0.5) is 0 Å². The molecule has 1 saturated heterocycles. The van der Waals surface area contributed by atoms with Crippen LogP contribution in [-0.2, 0) is 14.3 Å². The molecular weight excluding hydrogens is 232 g/mol. The number of nitrogens with zero attached hydrogens (tertiary/aromatic N) is 1. The van der Waals surface area contributed by atoms with Gasteiger partial charge in [-0.1, -0.05) is 0 Å². The largest absolute Gasteiger partial charge is 0.379 e. The van der Waals surface area contributed by atoms with Crippen LogP contribution in [0.2, 0.25) is 0 Å². The molecule has 0 unspecified atom stereocenters. The van der Waals surface area contributed by atoms with Gasteiger partial charge in [0.15, 0.2) is 0 Å². The van der Waals surface area contributed by atoms with Crippen molar-refractivity contribution < 1.29 is 14.3 Å².